The van der Waals surface area contributed by atoms with Crippen molar-refractivity contribution in [3.63, 3.8) is 0 Å². The van der Waals surface area contributed by atoms with Crippen molar-refractivity contribution in [2.75, 3.05) is 18.4 Å². The van der Waals surface area contributed by atoms with Crippen molar-refractivity contribution in [2.24, 2.45) is 0 Å². The van der Waals surface area contributed by atoms with Gasteiger partial charge < -0.3 is 9.47 Å². The molecule has 0 saturated carbocycles. The van der Waals surface area contributed by atoms with Crippen LogP contribution in [0.3, 0.4) is 0 Å². The van der Waals surface area contributed by atoms with E-state index in [4.69, 9.17) is 9.47 Å². The molecule has 1 N–H and O–H groups in total. The number of rotatable bonds is 9. The van der Waals surface area contributed by atoms with E-state index in [0.717, 1.165) is 12.1 Å². The number of esters is 1. The highest BCUT2D eigenvalue weighted by Gasteiger charge is 2.31. The van der Waals surface area contributed by atoms with Crippen molar-refractivity contribution in [3.05, 3.63) is 89.5 Å². The first-order chi connectivity index (χ1) is 18.5. The van der Waals surface area contributed by atoms with Crippen LogP contribution in [0.1, 0.15) is 28.4 Å². The fraction of sp³-hybridized carbons (Fsp3) is 0.192. The van der Waals surface area contributed by atoms with Gasteiger partial charge in [-0.15, -0.1) is 5.10 Å². The molecule has 13 heteroatoms. The summed E-state index contributed by atoms with van der Waals surface area (Å²) in [5, 5.41) is 4.26. The molecule has 0 radical (unpaired) electrons. The summed E-state index contributed by atoms with van der Waals surface area (Å²) < 4.78 is 79.7. The lowest BCUT2D eigenvalue weighted by molar-refractivity contribution is -0.137. The SMILES string of the molecule is CCOc1nc(-c2cccc(C(F)(F)F)c2)n(-c2cccc(NS(=O)(=O)Cc3ccccc3C(=O)OC)c2)n1. The molecule has 3 aromatic carbocycles. The highest BCUT2D eigenvalue weighted by Crippen LogP contribution is 2.33. The predicted molar refractivity (Wildman–Crippen MR) is 137 cm³/mol. The Balaban J connectivity index is 1.68. The van der Waals surface area contributed by atoms with Crippen LogP contribution in [0, 0.1) is 0 Å². The molecule has 0 spiro atoms. The average molecular weight is 561 g/mol. The summed E-state index contributed by atoms with van der Waals surface area (Å²) in [6.45, 7) is 1.93. The second-order valence-corrected chi connectivity index (χ2v) is 9.92. The Hall–Kier alpha value is -4.39. The molecule has 4 aromatic rings. The Bertz CT molecular complexity index is 1600. The van der Waals surface area contributed by atoms with Gasteiger partial charge in [0.15, 0.2) is 5.82 Å². The van der Waals surface area contributed by atoms with Gasteiger partial charge in [-0.1, -0.05) is 36.4 Å². The van der Waals surface area contributed by atoms with Gasteiger partial charge in [-0.25, -0.2) is 17.9 Å². The van der Waals surface area contributed by atoms with Crippen LogP contribution in [0.4, 0.5) is 18.9 Å². The van der Waals surface area contributed by atoms with Crippen LogP contribution < -0.4 is 9.46 Å². The van der Waals surface area contributed by atoms with Crippen molar-refractivity contribution in [1.29, 1.82) is 0 Å². The number of benzene rings is 3. The van der Waals surface area contributed by atoms with Gasteiger partial charge in [0.25, 0.3) is 0 Å². The average Bonchev–Trinajstić information content (AvgIpc) is 3.32. The summed E-state index contributed by atoms with van der Waals surface area (Å²) in [7, 11) is -2.79. The Kier molecular flexibility index (Phi) is 7.90. The molecule has 0 fully saturated rings. The van der Waals surface area contributed by atoms with Crippen molar-refractivity contribution >= 4 is 21.7 Å². The molecule has 0 aliphatic heterocycles. The van der Waals surface area contributed by atoms with Gasteiger partial charge in [-0.2, -0.15) is 18.2 Å². The molecule has 204 valence electrons. The van der Waals surface area contributed by atoms with E-state index in [9.17, 15) is 26.4 Å². The molecule has 0 atom stereocenters. The quantitative estimate of drug-likeness (QED) is 0.284. The van der Waals surface area contributed by atoms with Gasteiger partial charge in [0.2, 0.25) is 10.0 Å². The van der Waals surface area contributed by atoms with E-state index >= 15 is 0 Å². The number of sulfonamides is 1. The van der Waals surface area contributed by atoms with Crippen molar-refractivity contribution < 1.29 is 35.9 Å². The van der Waals surface area contributed by atoms with E-state index in [0.29, 0.717) is 5.69 Å². The summed E-state index contributed by atoms with van der Waals surface area (Å²) in [6, 6.07) is 16.8. The minimum Gasteiger partial charge on any atom is -0.465 e. The van der Waals surface area contributed by atoms with E-state index < -0.39 is 33.5 Å². The summed E-state index contributed by atoms with van der Waals surface area (Å²) in [4.78, 5) is 16.3. The molecule has 0 aliphatic rings. The fourth-order valence-corrected chi connectivity index (χ4v) is 4.98. The van der Waals surface area contributed by atoms with E-state index in [1.807, 2.05) is 0 Å². The molecule has 0 unspecified atom stereocenters. The van der Waals surface area contributed by atoms with Gasteiger partial charge in [0.1, 0.15) is 0 Å². The molecule has 4 rings (SSSR count). The van der Waals surface area contributed by atoms with Gasteiger partial charge in [0, 0.05) is 5.56 Å². The second kappa shape index (κ2) is 11.2. The number of ether oxygens (including phenoxy) is 2. The predicted octanol–water partition coefficient (Wildman–Crippen LogP) is 5.08. The maximum atomic E-state index is 13.3. The first-order valence-electron chi connectivity index (χ1n) is 11.6. The Morgan fingerprint density at radius 3 is 2.49 bits per heavy atom. The van der Waals surface area contributed by atoms with Crippen LogP contribution in [0.25, 0.3) is 17.1 Å². The third kappa shape index (κ3) is 6.55. The minimum atomic E-state index is -4.56. The van der Waals surface area contributed by atoms with Gasteiger partial charge in [0.05, 0.1) is 42.0 Å². The van der Waals surface area contributed by atoms with Crippen molar-refractivity contribution in [2.45, 2.75) is 18.9 Å². The minimum absolute atomic E-state index is 0.0599. The molecule has 0 bridgehead atoms. The lowest BCUT2D eigenvalue weighted by atomic mass is 10.1. The monoisotopic (exact) mass is 560 g/mol. The standard InChI is InChI=1S/C26H23F3N4O5S/c1-3-38-25-30-23(17-9-6-10-19(14-17)26(27,28)29)33(31-25)21-12-7-11-20(15-21)32-39(35,36)16-18-8-4-5-13-22(18)24(34)37-2/h4-15,32H,3,16H2,1-2H3. The normalized spacial score (nSPS) is 11.7. The summed E-state index contributed by atoms with van der Waals surface area (Å²) in [5.74, 6) is -1.10. The summed E-state index contributed by atoms with van der Waals surface area (Å²) >= 11 is 0. The van der Waals surface area contributed by atoms with E-state index in [2.05, 4.69) is 14.8 Å². The number of hydrogen-bond acceptors (Lipinski definition) is 7. The molecule has 1 heterocycles. The molecule has 39 heavy (non-hydrogen) atoms. The molecule has 9 nitrogen and oxygen atoms in total. The van der Waals surface area contributed by atoms with Gasteiger partial charge >= 0.3 is 18.2 Å². The third-order valence-corrected chi connectivity index (χ3v) is 6.68. The Morgan fingerprint density at radius 2 is 1.77 bits per heavy atom. The van der Waals surface area contributed by atoms with Crippen LogP contribution in [0.15, 0.2) is 72.8 Å². The maximum Gasteiger partial charge on any atom is 0.416 e. The van der Waals surface area contributed by atoms with Crippen molar-refractivity contribution in [1.82, 2.24) is 14.8 Å². The lowest BCUT2D eigenvalue weighted by Crippen LogP contribution is -2.17. The number of anilines is 1. The zero-order chi connectivity index (χ0) is 28.2. The Morgan fingerprint density at radius 1 is 1.03 bits per heavy atom. The molecular weight excluding hydrogens is 537 g/mol. The maximum absolute atomic E-state index is 13.3. The van der Waals surface area contributed by atoms with Crippen LogP contribution in [0.5, 0.6) is 6.01 Å². The summed E-state index contributed by atoms with van der Waals surface area (Å²) in [6.07, 6.45) is -4.56. The van der Waals surface area contributed by atoms with Gasteiger partial charge in [-0.3, -0.25) is 4.72 Å². The van der Waals surface area contributed by atoms with E-state index in [1.165, 1.54) is 48.2 Å². The number of alkyl halides is 3. The third-order valence-electron chi connectivity index (χ3n) is 5.44. The van der Waals surface area contributed by atoms with Crippen LogP contribution >= 0.6 is 0 Å². The first kappa shape index (κ1) is 27.6. The molecular formula is C26H23F3N4O5S. The van der Waals surface area contributed by atoms with Crippen LogP contribution in [-0.2, 0) is 26.7 Å². The zero-order valence-electron chi connectivity index (χ0n) is 20.8. The van der Waals surface area contributed by atoms with Crippen molar-refractivity contribution in [3.8, 4) is 23.1 Å². The number of carbonyl (C=O) groups excluding carboxylic acids is 1. The number of halogens is 3. The van der Waals surface area contributed by atoms with E-state index in [1.54, 1.807) is 31.2 Å². The second-order valence-electron chi connectivity index (χ2n) is 8.20. The van der Waals surface area contributed by atoms with Crippen LogP contribution in [0.2, 0.25) is 0 Å². The molecule has 0 amide bonds. The topological polar surface area (TPSA) is 112 Å². The number of carbonyl (C=O) groups is 1. The number of methoxy groups -OCH3 is 1. The summed E-state index contributed by atoms with van der Waals surface area (Å²) in [5.41, 5.74) is 0.117. The molecule has 0 saturated heterocycles. The fourth-order valence-electron chi connectivity index (χ4n) is 3.76. The number of hydrogen-bond donors (Lipinski definition) is 1. The number of aromatic nitrogens is 3. The largest absolute Gasteiger partial charge is 0.465 e. The highest BCUT2D eigenvalue weighted by molar-refractivity contribution is 7.91. The zero-order valence-corrected chi connectivity index (χ0v) is 21.6. The van der Waals surface area contributed by atoms with Gasteiger partial charge in [-0.05, 0) is 48.9 Å². The smallest absolute Gasteiger partial charge is 0.416 e. The molecule has 1 aromatic heterocycles. The number of nitrogens with zero attached hydrogens (tertiary/aromatic N) is 3. The lowest BCUT2D eigenvalue weighted by Gasteiger charge is -2.13. The van der Waals surface area contributed by atoms with Crippen LogP contribution in [-0.4, -0.2) is 42.9 Å². The number of nitrogens with one attached hydrogen (secondary N) is 1. The molecule has 0 aliphatic carbocycles. The van der Waals surface area contributed by atoms with E-state index in [-0.39, 0.29) is 40.8 Å². The Labute approximate surface area is 222 Å². The first-order valence-corrected chi connectivity index (χ1v) is 13.2. The highest BCUT2D eigenvalue weighted by atomic mass is 32.2.